The summed E-state index contributed by atoms with van der Waals surface area (Å²) in [4.78, 5) is 16.8. The fourth-order valence-electron chi connectivity index (χ4n) is 1.11. The molecule has 0 bridgehead atoms. The topological polar surface area (TPSA) is 65.5 Å². The Morgan fingerprint density at radius 1 is 1.62 bits per heavy atom. The predicted octanol–water partition coefficient (Wildman–Crippen LogP) is 1.41. The summed E-state index contributed by atoms with van der Waals surface area (Å²) < 4.78 is 0. The zero-order chi connectivity index (χ0) is 12.1. The lowest BCUT2D eigenvalue weighted by molar-refractivity contribution is 0.0697. The van der Waals surface area contributed by atoms with Crippen LogP contribution in [0.15, 0.2) is 12.3 Å². The summed E-state index contributed by atoms with van der Waals surface area (Å²) in [5.74, 6) is -0.535. The number of rotatable bonds is 5. The van der Waals surface area contributed by atoms with E-state index in [4.69, 9.17) is 16.7 Å². The molecule has 0 atom stereocenters. The van der Waals surface area contributed by atoms with Crippen molar-refractivity contribution in [3.05, 3.63) is 22.8 Å². The molecule has 1 rings (SSSR count). The van der Waals surface area contributed by atoms with Gasteiger partial charge in [-0.1, -0.05) is 11.6 Å². The van der Waals surface area contributed by atoms with Crippen LogP contribution in [-0.2, 0) is 0 Å². The number of hydrogen-bond acceptors (Lipinski definition) is 4. The van der Waals surface area contributed by atoms with Crippen LogP contribution in [0.3, 0.4) is 0 Å². The van der Waals surface area contributed by atoms with E-state index in [0.717, 1.165) is 6.54 Å². The fraction of sp³-hybridized carbons (Fsp3) is 0.400. The number of halogens is 1. The molecule has 1 heterocycles. The quantitative estimate of drug-likeness (QED) is 0.819. The van der Waals surface area contributed by atoms with Crippen LogP contribution in [0.25, 0.3) is 0 Å². The highest BCUT2D eigenvalue weighted by Crippen LogP contribution is 2.17. The van der Waals surface area contributed by atoms with Gasteiger partial charge in [0.2, 0.25) is 0 Å². The number of aromatic nitrogens is 1. The third-order valence-electron chi connectivity index (χ3n) is 1.95. The maximum absolute atomic E-state index is 10.8. The van der Waals surface area contributed by atoms with E-state index in [0.29, 0.717) is 12.4 Å². The van der Waals surface area contributed by atoms with Crippen molar-refractivity contribution in [2.24, 2.45) is 0 Å². The van der Waals surface area contributed by atoms with Crippen molar-refractivity contribution in [1.29, 1.82) is 0 Å². The van der Waals surface area contributed by atoms with Gasteiger partial charge >= 0.3 is 5.97 Å². The van der Waals surface area contributed by atoms with E-state index in [1.165, 1.54) is 12.3 Å². The molecule has 0 amide bonds. The molecular formula is C10H14ClN3O2. The molecule has 0 saturated heterocycles. The van der Waals surface area contributed by atoms with E-state index in [1.54, 1.807) is 0 Å². The Morgan fingerprint density at radius 2 is 2.31 bits per heavy atom. The number of aromatic carboxylic acids is 1. The van der Waals surface area contributed by atoms with E-state index in [1.807, 2.05) is 19.0 Å². The van der Waals surface area contributed by atoms with Crippen LogP contribution in [0, 0.1) is 0 Å². The number of nitrogens with one attached hydrogen (secondary N) is 1. The first-order chi connectivity index (χ1) is 7.50. The fourth-order valence-corrected chi connectivity index (χ4v) is 1.29. The molecule has 88 valence electrons. The van der Waals surface area contributed by atoms with Gasteiger partial charge in [-0.05, 0) is 20.2 Å². The van der Waals surface area contributed by atoms with Gasteiger partial charge in [0.05, 0.1) is 10.6 Å². The molecule has 0 aliphatic rings. The van der Waals surface area contributed by atoms with Gasteiger partial charge in [-0.15, -0.1) is 0 Å². The van der Waals surface area contributed by atoms with E-state index < -0.39 is 5.97 Å². The smallest absolute Gasteiger partial charge is 0.337 e. The molecule has 0 saturated carbocycles. The molecule has 1 aromatic heterocycles. The highest BCUT2D eigenvalue weighted by Gasteiger charge is 2.09. The number of pyridine rings is 1. The van der Waals surface area contributed by atoms with Crippen molar-refractivity contribution in [3.8, 4) is 0 Å². The van der Waals surface area contributed by atoms with E-state index in [9.17, 15) is 4.79 Å². The summed E-state index contributed by atoms with van der Waals surface area (Å²) in [6, 6.07) is 1.43. The summed E-state index contributed by atoms with van der Waals surface area (Å²) in [5.41, 5.74) is 0.0593. The highest BCUT2D eigenvalue weighted by atomic mass is 35.5. The number of hydrogen-bond donors (Lipinski definition) is 2. The second-order valence-corrected chi connectivity index (χ2v) is 3.99. The molecule has 1 aromatic rings. The Hall–Kier alpha value is -1.33. The number of carbonyl (C=O) groups is 1. The van der Waals surface area contributed by atoms with Gasteiger partial charge < -0.3 is 15.3 Å². The molecule has 0 unspecified atom stereocenters. The third kappa shape index (κ3) is 3.67. The Bertz CT molecular complexity index is 382. The minimum atomic E-state index is -1.05. The first-order valence-corrected chi connectivity index (χ1v) is 5.16. The Balaban J connectivity index is 2.68. The first-order valence-electron chi connectivity index (χ1n) is 4.78. The van der Waals surface area contributed by atoms with Crippen molar-refractivity contribution >= 4 is 23.4 Å². The van der Waals surface area contributed by atoms with Crippen LogP contribution < -0.4 is 5.32 Å². The monoisotopic (exact) mass is 243 g/mol. The Labute approximate surface area is 99.0 Å². The number of carboxylic acids is 1. The summed E-state index contributed by atoms with van der Waals surface area (Å²) in [6.07, 6.45) is 1.34. The molecule has 5 nitrogen and oxygen atoms in total. The minimum Gasteiger partial charge on any atom is -0.478 e. The van der Waals surface area contributed by atoms with E-state index in [2.05, 4.69) is 10.3 Å². The second kappa shape index (κ2) is 5.67. The molecular weight excluding hydrogens is 230 g/mol. The molecule has 6 heteroatoms. The number of likely N-dealkylation sites (N-methyl/N-ethyl adjacent to an activating group) is 1. The van der Waals surface area contributed by atoms with Gasteiger partial charge in [-0.2, -0.15) is 0 Å². The third-order valence-corrected chi connectivity index (χ3v) is 2.25. The molecule has 0 aliphatic heterocycles. The Kier molecular flexibility index (Phi) is 4.52. The summed E-state index contributed by atoms with van der Waals surface area (Å²) in [6.45, 7) is 1.54. The van der Waals surface area contributed by atoms with Gasteiger partial charge in [-0.25, -0.2) is 9.78 Å². The number of carboxylic acid groups (broad SMARTS) is 1. The standard InChI is InChI=1S/C10H14ClN3O2/c1-14(2)4-3-12-9-5-7(10(15)16)8(11)6-13-9/h5-6H,3-4H2,1-2H3,(H,12,13)(H,15,16). The van der Waals surface area contributed by atoms with Crippen LogP contribution in [0.4, 0.5) is 5.82 Å². The highest BCUT2D eigenvalue weighted by molar-refractivity contribution is 6.33. The van der Waals surface area contributed by atoms with Crippen molar-refractivity contribution in [2.75, 3.05) is 32.5 Å². The van der Waals surface area contributed by atoms with Crippen LogP contribution in [-0.4, -0.2) is 48.1 Å². The zero-order valence-corrected chi connectivity index (χ0v) is 9.95. The van der Waals surface area contributed by atoms with Crippen LogP contribution in [0.5, 0.6) is 0 Å². The second-order valence-electron chi connectivity index (χ2n) is 3.58. The SMILES string of the molecule is CN(C)CCNc1cc(C(=O)O)c(Cl)cn1. The summed E-state index contributed by atoms with van der Waals surface area (Å²) in [7, 11) is 3.92. The van der Waals surface area contributed by atoms with Crippen molar-refractivity contribution in [2.45, 2.75) is 0 Å². The average Bonchev–Trinajstić information content (AvgIpc) is 2.19. The van der Waals surface area contributed by atoms with Gasteiger partial charge in [0, 0.05) is 19.3 Å². The summed E-state index contributed by atoms with van der Waals surface area (Å²) in [5, 5.41) is 12.0. The molecule has 0 fully saturated rings. The average molecular weight is 244 g/mol. The lowest BCUT2D eigenvalue weighted by Crippen LogP contribution is -2.21. The summed E-state index contributed by atoms with van der Waals surface area (Å²) >= 11 is 5.70. The van der Waals surface area contributed by atoms with E-state index >= 15 is 0 Å². The lowest BCUT2D eigenvalue weighted by Gasteiger charge is -2.11. The number of anilines is 1. The molecule has 16 heavy (non-hydrogen) atoms. The lowest BCUT2D eigenvalue weighted by atomic mass is 10.2. The molecule has 0 radical (unpaired) electrons. The Morgan fingerprint density at radius 3 is 2.88 bits per heavy atom. The van der Waals surface area contributed by atoms with Crippen molar-refractivity contribution < 1.29 is 9.90 Å². The van der Waals surface area contributed by atoms with Gasteiger partial charge in [0.1, 0.15) is 5.82 Å². The van der Waals surface area contributed by atoms with Crippen LogP contribution >= 0.6 is 11.6 Å². The number of nitrogens with zero attached hydrogens (tertiary/aromatic N) is 2. The zero-order valence-electron chi connectivity index (χ0n) is 9.20. The van der Waals surface area contributed by atoms with Crippen molar-refractivity contribution in [1.82, 2.24) is 9.88 Å². The van der Waals surface area contributed by atoms with Gasteiger partial charge in [0.25, 0.3) is 0 Å². The van der Waals surface area contributed by atoms with Crippen molar-refractivity contribution in [3.63, 3.8) is 0 Å². The maximum atomic E-state index is 10.8. The molecule has 0 spiro atoms. The normalized spacial score (nSPS) is 10.5. The van der Waals surface area contributed by atoms with Crippen LogP contribution in [0.2, 0.25) is 5.02 Å². The van der Waals surface area contributed by atoms with Crippen LogP contribution in [0.1, 0.15) is 10.4 Å². The molecule has 0 aromatic carbocycles. The maximum Gasteiger partial charge on any atom is 0.337 e. The first kappa shape index (κ1) is 12.7. The predicted molar refractivity (Wildman–Crippen MR) is 63.3 cm³/mol. The molecule has 2 N–H and O–H groups in total. The van der Waals surface area contributed by atoms with E-state index in [-0.39, 0.29) is 10.6 Å². The largest absolute Gasteiger partial charge is 0.478 e. The molecule has 0 aliphatic carbocycles. The van der Waals surface area contributed by atoms with Gasteiger partial charge in [-0.3, -0.25) is 0 Å². The van der Waals surface area contributed by atoms with Gasteiger partial charge in [0.15, 0.2) is 0 Å². The minimum absolute atomic E-state index is 0.0593.